The SMILES string of the molecule is CC(=O)OC1C(C)OC(n2cnc3c(=O)[nH]cnc32)C1OC(C)=O. The number of ether oxygens (including phenoxy) is 3. The van der Waals surface area contributed by atoms with Crippen LogP contribution < -0.4 is 5.56 Å². The van der Waals surface area contributed by atoms with Gasteiger partial charge >= 0.3 is 11.9 Å². The number of nitrogens with zero attached hydrogens (tertiary/aromatic N) is 3. The van der Waals surface area contributed by atoms with Crippen molar-refractivity contribution < 1.29 is 23.8 Å². The Hall–Kier alpha value is -2.75. The second kappa shape index (κ2) is 6.04. The summed E-state index contributed by atoms with van der Waals surface area (Å²) in [5.74, 6) is -1.06. The van der Waals surface area contributed by atoms with Crippen molar-refractivity contribution in [3.63, 3.8) is 0 Å². The van der Waals surface area contributed by atoms with E-state index in [9.17, 15) is 14.4 Å². The highest BCUT2D eigenvalue weighted by Crippen LogP contribution is 2.34. The first-order valence-electron chi connectivity index (χ1n) is 7.28. The van der Waals surface area contributed by atoms with Crippen molar-refractivity contribution in [3.8, 4) is 0 Å². The Morgan fingerprint density at radius 3 is 2.54 bits per heavy atom. The standard InChI is InChI=1S/C14H16N4O6/c1-6-10(23-7(2)19)11(24-8(3)20)14(22-6)18-5-17-9-12(18)15-4-16-13(9)21/h4-6,10-11,14H,1-3H3,(H,15,16,21). The first-order chi connectivity index (χ1) is 11.4. The average Bonchev–Trinajstić information content (AvgIpc) is 3.03. The van der Waals surface area contributed by atoms with E-state index in [0.29, 0.717) is 0 Å². The van der Waals surface area contributed by atoms with Gasteiger partial charge in [0.05, 0.1) is 18.8 Å². The van der Waals surface area contributed by atoms with E-state index in [1.54, 1.807) is 6.92 Å². The molecule has 3 rings (SSSR count). The van der Waals surface area contributed by atoms with Crippen LogP contribution in [0.25, 0.3) is 11.2 Å². The van der Waals surface area contributed by atoms with E-state index in [1.165, 1.54) is 31.1 Å². The van der Waals surface area contributed by atoms with Crippen molar-refractivity contribution in [3.05, 3.63) is 23.0 Å². The molecule has 24 heavy (non-hydrogen) atoms. The summed E-state index contributed by atoms with van der Waals surface area (Å²) in [6, 6.07) is 0. The predicted molar refractivity (Wildman–Crippen MR) is 78.8 cm³/mol. The third-order valence-electron chi connectivity index (χ3n) is 3.67. The van der Waals surface area contributed by atoms with Gasteiger partial charge in [-0.2, -0.15) is 0 Å². The highest BCUT2D eigenvalue weighted by atomic mass is 16.6. The van der Waals surface area contributed by atoms with Crippen molar-refractivity contribution in [2.24, 2.45) is 0 Å². The molecule has 0 radical (unpaired) electrons. The summed E-state index contributed by atoms with van der Waals surface area (Å²) in [6.07, 6.45) is -0.409. The second-order valence-electron chi connectivity index (χ2n) is 5.44. The fourth-order valence-corrected chi connectivity index (χ4v) is 2.75. The van der Waals surface area contributed by atoms with Crippen LogP contribution in [0.4, 0.5) is 0 Å². The van der Waals surface area contributed by atoms with Crippen molar-refractivity contribution in [2.45, 2.75) is 45.3 Å². The van der Waals surface area contributed by atoms with Gasteiger partial charge in [-0.05, 0) is 6.92 Å². The normalized spacial score (nSPS) is 26.5. The number of hydrogen-bond acceptors (Lipinski definition) is 8. The number of nitrogens with one attached hydrogen (secondary N) is 1. The molecular formula is C14H16N4O6. The minimum atomic E-state index is -0.889. The number of H-pyrrole nitrogens is 1. The maximum atomic E-state index is 11.8. The molecule has 10 heteroatoms. The lowest BCUT2D eigenvalue weighted by Gasteiger charge is -2.23. The fourth-order valence-electron chi connectivity index (χ4n) is 2.75. The smallest absolute Gasteiger partial charge is 0.303 e. The van der Waals surface area contributed by atoms with E-state index in [1.807, 2.05) is 0 Å². The maximum absolute atomic E-state index is 11.8. The van der Waals surface area contributed by atoms with E-state index in [2.05, 4.69) is 15.0 Å². The van der Waals surface area contributed by atoms with Crippen LogP contribution in [0.2, 0.25) is 0 Å². The van der Waals surface area contributed by atoms with Crippen LogP contribution in [0, 0.1) is 0 Å². The van der Waals surface area contributed by atoms with Crippen LogP contribution in [-0.4, -0.2) is 49.8 Å². The third-order valence-corrected chi connectivity index (χ3v) is 3.67. The van der Waals surface area contributed by atoms with Gasteiger partial charge in [0.15, 0.2) is 29.6 Å². The maximum Gasteiger partial charge on any atom is 0.303 e. The summed E-state index contributed by atoms with van der Waals surface area (Å²) in [7, 11) is 0. The number of esters is 2. The number of imidazole rings is 1. The van der Waals surface area contributed by atoms with E-state index in [4.69, 9.17) is 14.2 Å². The van der Waals surface area contributed by atoms with Gasteiger partial charge in [0.2, 0.25) is 0 Å². The van der Waals surface area contributed by atoms with Crippen molar-refractivity contribution in [1.29, 1.82) is 0 Å². The molecule has 10 nitrogen and oxygen atoms in total. The summed E-state index contributed by atoms with van der Waals surface area (Å²) in [5, 5.41) is 0. The summed E-state index contributed by atoms with van der Waals surface area (Å²) in [4.78, 5) is 45.1. The first-order valence-corrected chi connectivity index (χ1v) is 7.28. The van der Waals surface area contributed by atoms with Gasteiger partial charge in [0, 0.05) is 13.8 Å². The molecule has 0 saturated carbocycles. The number of carbonyl (C=O) groups excluding carboxylic acids is 2. The minimum absolute atomic E-state index is 0.131. The molecule has 1 aliphatic heterocycles. The molecule has 1 aliphatic rings. The predicted octanol–water partition coefficient (Wildman–Crippen LogP) is -0.0997. The Balaban J connectivity index is 2.03. The molecule has 2 aromatic rings. The Morgan fingerprint density at radius 1 is 1.21 bits per heavy atom. The highest BCUT2D eigenvalue weighted by molar-refractivity contribution is 5.69. The first kappa shape index (κ1) is 16.1. The summed E-state index contributed by atoms with van der Waals surface area (Å²) >= 11 is 0. The number of rotatable bonds is 3. The Kier molecular flexibility index (Phi) is 4.06. The van der Waals surface area contributed by atoms with Gasteiger partial charge in [-0.25, -0.2) is 9.97 Å². The van der Waals surface area contributed by atoms with Gasteiger partial charge in [-0.1, -0.05) is 0 Å². The monoisotopic (exact) mass is 336 g/mol. The molecular weight excluding hydrogens is 320 g/mol. The zero-order chi connectivity index (χ0) is 17.4. The largest absolute Gasteiger partial charge is 0.456 e. The average molecular weight is 336 g/mol. The number of hydrogen-bond donors (Lipinski definition) is 1. The van der Waals surface area contributed by atoms with Crippen LogP contribution >= 0.6 is 0 Å². The molecule has 0 aliphatic carbocycles. The van der Waals surface area contributed by atoms with Crippen LogP contribution in [0.5, 0.6) is 0 Å². The topological polar surface area (TPSA) is 125 Å². The number of aromatic nitrogens is 4. The van der Waals surface area contributed by atoms with Crippen LogP contribution in [0.3, 0.4) is 0 Å². The molecule has 2 aromatic heterocycles. The zero-order valence-electron chi connectivity index (χ0n) is 13.3. The van der Waals surface area contributed by atoms with Gasteiger partial charge in [0.1, 0.15) is 0 Å². The third kappa shape index (κ3) is 2.75. The molecule has 128 valence electrons. The molecule has 1 fully saturated rings. The van der Waals surface area contributed by atoms with E-state index >= 15 is 0 Å². The molecule has 0 bridgehead atoms. The second-order valence-corrected chi connectivity index (χ2v) is 5.44. The van der Waals surface area contributed by atoms with Crippen molar-refractivity contribution >= 4 is 23.1 Å². The molecule has 0 aromatic carbocycles. The molecule has 0 amide bonds. The summed E-state index contributed by atoms with van der Waals surface area (Å²) in [6.45, 7) is 4.21. The van der Waals surface area contributed by atoms with Crippen LogP contribution in [-0.2, 0) is 23.8 Å². The fraction of sp³-hybridized carbons (Fsp3) is 0.500. The molecule has 1 N–H and O–H groups in total. The summed E-state index contributed by atoms with van der Waals surface area (Å²) in [5.41, 5.74) is 0.00760. The molecule has 0 spiro atoms. The Bertz CT molecular complexity index is 843. The summed E-state index contributed by atoms with van der Waals surface area (Å²) < 4.78 is 17.8. The Morgan fingerprint density at radius 2 is 1.88 bits per heavy atom. The molecule has 1 saturated heterocycles. The highest BCUT2D eigenvalue weighted by Gasteiger charge is 2.48. The van der Waals surface area contributed by atoms with E-state index < -0.39 is 42.0 Å². The minimum Gasteiger partial charge on any atom is -0.456 e. The quantitative estimate of drug-likeness (QED) is 0.770. The Labute approximate surface area is 135 Å². The van der Waals surface area contributed by atoms with Crippen LogP contribution in [0.1, 0.15) is 27.0 Å². The lowest BCUT2D eigenvalue weighted by atomic mass is 10.1. The van der Waals surface area contributed by atoms with E-state index in [0.717, 1.165) is 0 Å². The van der Waals surface area contributed by atoms with Crippen LogP contribution in [0.15, 0.2) is 17.4 Å². The van der Waals surface area contributed by atoms with Crippen molar-refractivity contribution in [2.75, 3.05) is 0 Å². The molecule has 4 unspecified atom stereocenters. The van der Waals surface area contributed by atoms with Gasteiger partial charge in [-0.3, -0.25) is 19.0 Å². The lowest BCUT2D eigenvalue weighted by Crippen LogP contribution is -2.38. The number of carbonyl (C=O) groups is 2. The lowest BCUT2D eigenvalue weighted by molar-refractivity contribution is -0.165. The van der Waals surface area contributed by atoms with Gasteiger partial charge in [0.25, 0.3) is 5.56 Å². The number of aromatic amines is 1. The van der Waals surface area contributed by atoms with Gasteiger partial charge in [-0.15, -0.1) is 0 Å². The zero-order valence-corrected chi connectivity index (χ0v) is 13.3. The van der Waals surface area contributed by atoms with Gasteiger partial charge < -0.3 is 19.2 Å². The molecule has 3 heterocycles. The van der Waals surface area contributed by atoms with E-state index in [-0.39, 0.29) is 11.2 Å². The molecule has 4 atom stereocenters. The number of fused-ring (bicyclic) bond motifs is 1. The van der Waals surface area contributed by atoms with Crippen molar-refractivity contribution in [1.82, 2.24) is 19.5 Å².